The molecule has 3 aromatic rings. The van der Waals surface area contributed by atoms with Gasteiger partial charge in [0.2, 0.25) is 5.91 Å². The van der Waals surface area contributed by atoms with Crippen LogP contribution in [0.4, 0.5) is 5.69 Å². The zero-order chi connectivity index (χ0) is 18.2. The smallest absolute Gasteiger partial charge is 0.248 e. The van der Waals surface area contributed by atoms with E-state index in [1.54, 1.807) is 18.2 Å². The highest BCUT2D eigenvalue weighted by Crippen LogP contribution is 2.16. The van der Waals surface area contributed by atoms with Gasteiger partial charge in [0.25, 0.3) is 0 Å². The highest BCUT2D eigenvalue weighted by molar-refractivity contribution is 6.01. The Hall–Kier alpha value is -3.53. The number of aromatic hydroxyl groups is 1. The lowest BCUT2D eigenvalue weighted by Gasteiger charge is -2.06. The first-order valence-electron chi connectivity index (χ1n) is 8.24. The summed E-state index contributed by atoms with van der Waals surface area (Å²) in [6, 6.07) is 23.8. The summed E-state index contributed by atoms with van der Waals surface area (Å²) in [7, 11) is 0. The van der Waals surface area contributed by atoms with Gasteiger partial charge in [-0.3, -0.25) is 4.79 Å². The number of carbonyl (C=O) groups excluding carboxylic acids is 1. The van der Waals surface area contributed by atoms with Crippen LogP contribution >= 0.6 is 0 Å². The van der Waals surface area contributed by atoms with Crippen molar-refractivity contribution in [1.29, 1.82) is 0 Å². The maximum Gasteiger partial charge on any atom is 0.248 e. The fraction of sp³-hybridized carbons (Fsp3) is 0.0455. The van der Waals surface area contributed by atoms with Crippen molar-refractivity contribution >= 4 is 17.7 Å². The quantitative estimate of drug-likeness (QED) is 0.506. The molecule has 1 amide bonds. The number of amides is 1. The third-order valence-electron chi connectivity index (χ3n) is 3.69. The Balaban J connectivity index is 1.52. The van der Waals surface area contributed by atoms with Gasteiger partial charge < -0.3 is 15.2 Å². The second-order valence-electron chi connectivity index (χ2n) is 5.71. The standard InChI is InChI=1S/C22H19NO3/c24-20-11-9-19(10-12-20)23-22(25)15-8-17-6-13-21(14-7-17)26-16-18-4-2-1-3-5-18/h1-15,24H,16H2,(H,23,25)/b15-8+. The van der Waals surface area contributed by atoms with E-state index in [2.05, 4.69) is 5.32 Å². The molecule has 0 spiro atoms. The van der Waals surface area contributed by atoms with Crippen LogP contribution < -0.4 is 10.1 Å². The molecule has 0 aliphatic carbocycles. The third-order valence-corrected chi connectivity index (χ3v) is 3.69. The van der Waals surface area contributed by atoms with Gasteiger partial charge in [-0.05, 0) is 53.6 Å². The Kier molecular flexibility index (Phi) is 5.68. The fourth-order valence-electron chi connectivity index (χ4n) is 2.32. The molecule has 0 atom stereocenters. The molecule has 0 saturated carbocycles. The van der Waals surface area contributed by atoms with E-state index in [9.17, 15) is 9.90 Å². The lowest BCUT2D eigenvalue weighted by atomic mass is 10.2. The molecule has 0 radical (unpaired) electrons. The van der Waals surface area contributed by atoms with E-state index in [1.165, 1.54) is 18.2 Å². The summed E-state index contributed by atoms with van der Waals surface area (Å²) in [5.74, 6) is 0.702. The number of rotatable bonds is 6. The highest BCUT2D eigenvalue weighted by Gasteiger charge is 1.99. The summed E-state index contributed by atoms with van der Waals surface area (Å²) in [6.45, 7) is 0.519. The largest absolute Gasteiger partial charge is 0.508 e. The van der Waals surface area contributed by atoms with Gasteiger partial charge in [-0.1, -0.05) is 42.5 Å². The molecule has 0 bridgehead atoms. The van der Waals surface area contributed by atoms with Crippen LogP contribution in [0.2, 0.25) is 0 Å². The van der Waals surface area contributed by atoms with Crippen LogP contribution in [0.15, 0.2) is 84.9 Å². The molecule has 3 rings (SSSR count). The molecule has 4 heteroatoms. The molecule has 130 valence electrons. The van der Waals surface area contributed by atoms with Crippen molar-refractivity contribution in [2.24, 2.45) is 0 Å². The number of hydrogen-bond acceptors (Lipinski definition) is 3. The van der Waals surface area contributed by atoms with Crippen LogP contribution in [-0.4, -0.2) is 11.0 Å². The van der Waals surface area contributed by atoms with Crippen molar-refractivity contribution in [1.82, 2.24) is 0 Å². The molecule has 4 nitrogen and oxygen atoms in total. The molecule has 3 aromatic carbocycles. The predicted molar refractivity (Wildman–Crippen MR) is 103 cm³/mol. The summed E-state index contributed by atoms with van der Waals surface area (Å²) >= 11 is 0. The Morgan fingerprint density at radius 1 is 0.923 bits per heavy atom. The molecule has 0 aliphatic rings. The van der Waals surface area contributed by atoms with Gasteiger partial charge in [0, 0.05) is 11.8 Å². The lowest BCUT2D eigenvalue weighted by Crippen LogP contribution is -2.07. The number of ether oxygens (including phenoxy) is 1. The molecule has 0 heterocycles. The first kappa shape index (κ1) is 17.3. The fourth-order valence-corrected chi connectivity index (χ4v) is 2.32. The van der Waals surface area contributed by atoms with Crippen molar-refractivity contribution in [3.8, 4) is 11.5 Å². The zero-order valence-corrected chi connectivity index (χ0v) is 14.1. The molecule has 0 saturated heterocycles. The first-order valence-corrected chi connectivity index (χ1v) is 8.24. The molecular weight excluding hydrogens is 326 g/mol. The molecule has 0 aliphatic heterocycles. The van der Waals surface area contributed by atoms with Crippen molar-refractivity contribution in [2.45, 2.75) is 6.61 Å². The van der Waals surface area contributed by atoms with Crippen molar-refractivity contribution < 1.29 is 14.6 Å². The summed E-state index contributed by atoms with van der Waals surface area (Å²) < 4.78 is 5.74. The van der Waals surface area contributed by atoms with Crippen LogP contribution in [0.25, 0.3) is 6.08 Å². The number of anilines is 1. The van der Waals surface area contributed by atoms with E-state index < -0.39 is 0 Å². The summed E-state index contributed by atoms with van der Waals surface area (Å²) in [4.78, 5) is 11.9. The van der Waals surface area contributed by atoms with E-state index in [1.807, 2.05) is 54.6 Å². The number of benzene rings is 3. The number of carbonyl (C=O) groups is 1. The first-order chi connectivity index (χ1) is 12.7. The molecule has 2 N–H and O–H groups in total. The Morgan fingerprint density at radius 2 is 1.62 bits per heavy atom. The van der Waals surface area contributed by atoms with Gasteiger partial charge in [-0.2, -0.15) is 0 Å². The normalized spacial score (nSPS) is 10.6. The minimum atomic E-state index is -0.236. The number of phenolic OH excluding ortho intramolecular Hbond substituents is 1. The van der Waals surface area contributed by atoms with Gasteiger partial charge in [0.1, 0.15) is 18.1 Å². The van der Waals surface area contributed by atoms with E-state index in [4.69, 9.17) is 4.74 Å². The van der Waals surface area contributed by atoms with Crippen LogP contribution in [0.3, 0.4) is 0 Å². The van der Waals surface area contributed by atoms with E-state index in [0.717, 1.165) is 16.9 Å². The van der Waals surface area contributed by atoms with E-state index in [0.29, 0.717) is 12.3 Å². The van der Waals surface area contributed by atoms with Crippen LogP contribution in [0.1, 0.15) is 11.1 Å². The van der Waals surface area contributed by atoms with Crippen molar-refractivity contribution in [3.05, 3.63) is 96.1 Å². The average Bonchev–Trinajstić information content (AvgIpc) is 2.68. The number of nitrogens with one attached hydrogen (secondary N) is 1. The van der Waals surface area contributed by atoms with Crippen molar-refractivity contribution in [2.75, 3.05) is 5.32 Å². The zero-order valence-electron chi connectivity index (χ0n) is 14.1. The monoisotopic (exact) mass is 345 g/mol. The average molecular weight is 345 g/mol. The maximum atomic E-state index is 11.9. The van der Waals surface area contributed by atoms with Crippen LogP contribution in [0.5, 0.6) is 11.5 Å². The van der Waals surface area contributed by atoms with Crippen LogP contribution in [0, 0.1) is 0 Å². The van der Waals surface area contributed by atoms with Crippen LogP contribution in [-0.2, 0) is 11.4 Å². The second kappa shape index (κ2) is 8.53. The SMILES string of the molecule is O=C(/C=C/c1ccc(OCc2ccccc2)cc1)Nc1ccc(O)cc1. The van der Waals surface area contributed by atoms with E-state index >= 15 is 0 Å². The summed E-state index contributed by atoms with van der Waals surface area (Å²) in [6.07, 6.45) is 3.20. The number of hydrogen-bond donors (Lipinski definition) is 2. The minimum absolute atomic E-state index is 0.160. The Morgan fingerprint density at radius 3 is 2.31 bits per heavy atom. The topological polar surface area (TPSA) is 58.6 Å². The van der Waals surface area contributed by atoms with Crippen molar-refractivity contribution in [3.63, 3.8) is 0 Å². The minimum Gasteiger partial charge on any atom is -0.508 e. The highest BCUT2D eigenvalue weighted by atomic mass is 16.5. The maximum absolute atomic E-state index is 11.9. The summed E-state index contributed by atoms with van der Waals surface area (Å²) in [5.41, 5.74) is 2.64. The van der Waals surface area contributed by atoms with E-state index in [-0.39, 0.29) is 11.7 Å². The summed E-state index contributed by atoms with van der Waals surface area (Å²) in [5, 5.41) is 12.0. The lowest BCUT2D eigenvalue weighted by molar-refractivity contribution is -0.111. The van der Waals surface area contributed by atoms with Gasteiger partial charge in [-0.25, -0.2) is 0 Å². The molecule has 0 fully saturated rings. The second-order valence-corrected chi connectivity index (χ2v) is 5.71. The third kappa shape index (κ3) is 5.24. The predicted octanol–water partition coefficient (Wildman–Crippen LogP) is 4.62. The Bertz CT molecular complexity index is 870. The molecule has 0 aromatic heterocycles. The van der Waals surface area contributed by atoms with Gasteiger partial charge in [-0.15, -0.1) is 0 Å². The number of phenols is 1. The van der Waals surface area contributed by atoms with Gasteiger partial charge in [0.15, 0.2) is 0 Å². The van der Waals surface area contributed by atoms with Gasteiger partial charge >= 0.3 is 0 Å². The Labute approximate surface area is 152 Å². The molecule has 26 heavy (non-hydrogen) atoms. The molecule has 0 unspecified atom stereocenters. The van der Waals surface area contributed by atoms with Gasteiger partial charge in [0.05, 0.1) is 0 Å². The molecular formula is C22H19NO3.